The molecule has 1 unspecified atom stereocenters. The number of aliphatic hydroxyl groups is 1. The first kappa shape index (κ1) is 12.7. The molecule has 0 radical (unpaired) electrons. The molecule has 1 aromatic rings. The molecule has 1 saturated carbocycles. The predicted molar refractivity (Wildman–Crippen MR) is 72.1 cm³/mol. The van der Waals surface area contributed by atoms with Gasteiger partial charge in [-0.1, -0.05) is 19.1 Å². The van der Waals surface area contributed by atoms with Crippen LogP contribution in [0.3, 0.4) is 0 Å². The van der Waals surface area contributed by atoms with Crippen molar-refractivity contribution in [3.63, 3.8) is 0 Å². The van der Waals surface area contributed by atoms with Crippen LogP contribution in [0.2, 0.25) is 0 Å². The number of hydrogen-bond acceptors (Lipinski definition) is 2. The van der Waals surface area contributed by atoms with Crippen LogP contribution in [0.25, 0.3) is 5.57 Å². The number of phenols is 1. The molecule has 19 heavy (non-hydrogen) atoms. The van der Waals surface area contributed by atoms with Crippen molar-refractivity contribution in [2.45, 2.75) is 38.7 Å². The molecule has 0 aliphatic heterocycles. The maximum absolute atomic E-state index is 13.4. The summed E-state index contributed by atoms with van der Waals surface area (Å²) in [6.45, 7) is 2.15. The van der Waals surface area contributed by atoms with Gasteiger partial charge >= 0.3 is 0 Å². The summed E-state index contributed by atoms with van der Waals surface area (Å²) in [5, 5.41) is 19.3. The highest BCUT2D eigenvalue weighted by Gasteiger charge is 2.46. The Morgan fingerprint density at radius 1 is 1.32 bits per heavy atom. The lowest BCUT2D eigenvalue weighted by molar-refractivity contribution is 0.0419. The number of halogens is 1. The number of fused-ring (bicyclic) bond motifs is 1. The number of phenolic OH excluding ortho intramolecular Hbond substituents is 1. The minimum atomic E-state index is -0.571. The molecule has 2 nitrogen and oxygen atoms in total. The summed E-state index contributed by atoms with van der Waals surface area (Å²) in [4.78, 5) is 0. The summed E-state index contributed by atoms with van der Waals surface area (Å²) in [5.74, 6) is -0.498. The van der Waals surface area contributed by atoms with Crippen LogP contribution in [-0.2, 0) is 0 Å². The van der Waals surface area contributed by atoms with Crippen LogP contribution < -0.4 is 0 Å². The van der Waals surface area contributed by atoms with Gasteiger partial charge in [0, 0.05) is 5.41 Å². The maximum atomic E-state index is 13.4. The fraction of sp³-hybridized carbons (Fsp3) is 0.500. The van der Waals surface area contributed by atoms with Gasteiger partial charge in [0.25, 0.3) is 0 Å². The Labute approximate surface area is 112 Å². The van der Waals surface area contributed by atoms with Gasteiger partial charge in [0.2, 0.25) is 0 Å². The van der Waals surface area contributed by atoms with E-state index in [9.17, 15) is 14.6 Å². The first-order valence-electron chi connectivity index (χ1n) is 6.88. The van der Waals surface area contributed by atoms with Gasteiger partial charge in [-0.15, -0.1) is 0 Å². The van der Waals surface area contributed by atoms with Gasteiger partial charge in [-0.3, -0.25) is 0 Å². The summed E-state index contributed by atoms with van der Waals surface area (Å²) >= 11 is 0. The van der Waals surface area contributed by atoms with Gasteiger partial charge in [-0.2, -0.15) is 0 Å². The molecule has 1 aromatic carbocycles. The van der Waals surface area contributed by atoms with Crippen molar-refractivity contribution in [2.24, 2.45) is 11.3 Å². The van der Waals surface area contributed by atoms with Crippen molar-refractivity contribution in [3.8, 4) is 5.75 Å². The second-order valence-corrected chi connectivity index (χ2v) is 6.06. The third-order valence-corrected chi connectivity index (χ3v) is 5.01. The number of hydrogen-bond donors (Lipinski definition) is 2. The van der Waals surface area contributed by atoms with Crippen molar-refractivity contribution in [1.82, 2.24) is 0 Å². The number of aliphatic hydroxyl groups excluding tert-OH is 1. The molecule has 3 atom stereocenters. The van der Waals surface area contributed by atoms with Crippen LogP contribution >= 0.6 is 0 Å². The van der Waals surface area contributed by atoms with Crippen molar-refractivity contribution in [3.05, 3.63) is 35.7 Å². The Hall–Kier alpha value is -1.35. The zero-order chi connectivity index (χ0) is 13.6. The lowest BCUT2D eigenvalue weighted by atomic mass is 9.69. The fourth-order valence-corrected chi connectivity index (χ4v) is 3.55. The highest BCUT2D eigenvalue weighted by atomic mass is 19.1. The van der Waals surface area contributed by atoms with Crippen molar-refractivity contribution in [2.75, 3.05) is 0 Å². The van der Waals surface area contributed by atoms with E-state index in [4.69, 9.17) is 0 Å². The number of allylic oxidation sites excluding steroid dienone is 2. The first-order chi connectivity index (χ1) is 9.00. The topological polar surface area (TPSA) is 40.5 Å². The molecule has 3 heteroatoms. The largest absolute Gasteiger partial charge is 0.505 e. The molecule has 2 N–H and O–H groups in total. The fourth-order valence-electron chi connectivity index (χ4n) is 3.55. The van der Waals surface area contributed by atoms with Gasteiger partial charge in [0.15, 0.2) is 11.6 Å². The number of aromatic hydroxyl groups is 1. The van der Waals surface area contributed by atoms with Crippen LogP contribution in [0.4, 0.5) is 4.39 Å². The third-order valence-electron chi connectivity index (χ3n) is 5.01. The molecule has 1 fully saturated rings. The van der Waals surface area contributed by atoms with Crippen LogP contribution in [0.5, 0.6) is 5.75 Å². The van der Waals surface area contributed by atoms with E-state index < -0.39 is 5.82 Å². The van der Waals surface area contributed by atoms with Crippen LogP contribution in [-0.4, -0.2) is 16.3 Å². The summed E-state index contributed by atoms with van der Waals surface area (Å²) < 4.78 is 13.4. The summed E-state index contributed by atoms with van der Waals surface area (Å²) in [5.41, 5.74) is 1.97. The van der Waals surface area contributed by atoms with Crippen molar-refractivity contribution < 1.29 is 14.6 Å². The Bertz CT molecular complexity index is 538. The summed E-state index contributed by atoms with van der Waals surface area (Å²) in [6.07, 6.45) is 5.63. The summed E-state index contributed by atoms with van der Waals surface area (Å²) in [6, 6.07) is 4.57. The van der Waals surface area contributed by atoms with Crippen molar-refractivity contribution >= 4 is 5.57 Å². The normalized spacial score (nSPS) is 33.9. The molecule has 0 amide bonds. The molecule has 0 spiro atoms. The van der Waals surface area contributed by atoms with Gasteiger partial charge in [-0.25, -0.2) is 4.39 Å². The Balaban J connectivity index is 1.93. The quantitative estimate of drug-likeness (QED) is 0.813. The Morgan fingerprint density at radius 2 is 2.11 bits per heavy atom. The van der Waals surface area contributed by atoms with Crippen LogP contribution in [0.1, 0.15) is 38.2 Å². The molecule has 0 saturated heterocycles. The van der Waals surface area contributed by atoms with E-state index in [2.05, 4.69) is 13.0 Å². The highest BCUT2D eigenvalue weighted by molar-refractivity contribution is 5.67. The lowest BCUT2D eigenvalue weighted by Gasteiger charge is -2.37. The standard InChI is InChI=1S/C16H19FO2/c1-16-7-6-11(8-12(16)3-5-15(16)19)10-2-4-14(18)13(17)9-10/h2,4,8-9,12,15,18-19H,3,5-7H2,1H3/t12?,15-,16-/m0/s1. The van der Waals surface area contributed by atoms with Crippen molar-refractivity contribution in [1.29, 1.82) is 0 Å². The zero-order valence-electron chi connectivity index (χ0n) is 11.1. The molecule has 2 aliphatic rings. The Morgan fingerprint density at radius 3 is 2.84 bits per heavy atom. The van der Waals surface area contributed by atoms with Crippen LogP contribution in [0, 0.1) is 17.2 Å². The van der Waals surface area contributed by atoms with Gasteiger partial charge in [-0.05, 0) is 54.9 Å². The highest BCUT2D eigenvalue weighted by Crippen LogP contribution is 2.52. The first-order valence-corrected chi connectivity index (χ1v) is 6.88. The van der Waals surface area contributed by atoms with E-state index in [1.807, 2.05) is 0 Å². The Kier molecular flexibility index (Phi) is 2.90. The summed E-state index contributed by atoms with van der Waals surface area (Å²) in [7, 11) is 0. The van der Waals surface area contributed by atoms with E-state index in [1.54, 1.807) is 6.07 Å². The SMILES string of the molecule is C[C@]12CCC(c3ccc(O)c(F)c3)=CC1CC[C@@H]2O. The number of benzene rings is 1. The predicted octanol–water partition coefficient (Wildman–Crippen LogP) is 3.49. The van der Waals surface area contributed by atoms with Gasteiger partial charge in [0.05, 0.1) is 6.10 Å². The van der Waals surface area contributed by atoms with E-state index >= 15 is 0 Å². The minimum Gasteiger partial charge on any atom is -0.505 e. The molecule has 102 valence electrons. The van der Waals surface area contributed by atoms with Gasteiger partial charge < -0.3 is 10.2 Å². The van der Waals surface area contributed by atoms with E-state index in [-0.39, 0.29) is 17.3 Å². The van der Waals surface area contributed by atoms with Gasteiger partial charge in [0.1, 0.15) is 0 Å². The molecule has 0 heterocycles. The average Bonchev–Trinajstić information content (AvgIpc) is 2.69. The number of rotatable bonds is 1. The van der Waals surface area contributed by atoms with E-state index in [0.717, 1.165) is 36.8 Å². The second-order valence-electron chi connectivity index (χ2n) is 6.06. The maximum Gasteiger partial charge on any atom is 0.165 e. The lowest BCUT2D eigenvalue weighted by Crippen LogP contribution is -2.33. The molecule has 3 rings (SSSR count). The third kappa shape index (κ3) is 1.96. The molecule has 2 aliphatic carbocycles. The zero-order valence-corrected chi connectivity index (χ0v) is 11.1. The molecule has 0 aromatic heterocycles. The molecular weight excluding hydrogens is 243 g/mol. The van der Waals surface area contributed by atoms with Crippen LogP contribution in [0.15, 0.2) is 24.3 Å². The molecular formula is C16H19FO2. The van der Waals surface area contributed by atoms with E-state index in [1.165, 1.54) is 12.1 Å². The monoisotopic (exact) mass is 262 g/mol. The average molecular weight is 262 g/mol. The van der Waals surface area contributed by atoms with E-state index in [0.29, 0.717) is 5.92 Å². The minimum absolute atomic E-state index is 0.0149. The second kappa shape index (κ2) is 4.34. The molecule has 0 bridgehead atoms. The smallest absolute Gasteiger partial charge is 0.165 e.